The molecule has 1 rings (SSSR count). The molecule has 51 valence electrons. The maximum Gasteiger partial charge on any atom is 0.319 e. The van der Waals surface area contributed by atoms with Crippen LogP contribution >= 0.6 is 9.39 Å². The van der Waals surface area contributed by atoms with Crippen molar-refractivity contribution < 1.29 is 32.7 Å². The zero-order valence-electron chi connectivity index (χ0n) is 5.09. The first kappa shape index (κ1) is 10.2. The van der Waals surface area contributed by atoms with Crippen molar-refractivity contribution in [2.45, 2.75) is 0 Å². The van der Waals surface area contributed by atoms with E-state index in [0.29, 0.717) is 5.49 Å². The van der Waals surface area contributed by atoms with Gasteiger partial charge in [-0.3, -0.25) is 4.76 Å². The molecule has 1 aromatic heterocycles. The third-order valence-electron chi connectivity index (χ3n) is 0.773. The summed E-state index contributed by atoms with van der Waals surface area (Å²) >= 11 is 0. The average Bonchev–Trinajstić information content (AvgIpc) is 1.88. The zero-order valence-corrected chi connectivity index (χ0v) is 9.08. The SMILES string of the molecule is O=c1[nH]c[c-]c(=NP)[nH]1.[Y]. The van der Waals surface area contributed by atoms with Crippen molar-refractivity contribution in [2.24, 2.45) is 4.76 Å². The Morgan fingerprint density at radius 2 is 2.40 bits per heavy atom. The van der Waals surface area contributed by atoms with Gasteiger partial charge in [0.1, 0.15) is 0 Å². The van der Waals surface area contributed by atoms with E-state index in [1.165, 1.54) is 6.20 Å². The molecule has 6 heteroatoms. The van der Waals surface area contributed by atoms with Gasteiger partial charge in [0.2, 0.25) is 0 Å². The third-order valence-corrected chi connectivity index (χ3v) is 1.03. The van der Waals surface area contributed by atoms with Crippen LogP contribution in [0, 0.1) is 6.07 Å². The molecule has 0 spiro atoms. The van der Waals surface area contributed by atoms with Gasteiger partial charge in [-0.15, -0.1) is 0 Å². The van der Waals surface area contributed by atoms with E-state index >= 15 is 0 Å². The number of H-pyrrole nitrogens is 2. The fraction of sp³-hybridized carbons (Fsp3) is 0. The van der Waals surface area contributed by atoms with Gasteiger partial charge in [-0.05, 0) is 14.9 Å². The molecule has 1 unspecified atom stereocenters. The van der Waals surface area contributed by atoms with E-state index in [2.05, 4.69) is 30.2 Å². The molecule has 4 nitrogen and oxygen atoms in total. The van der Waals surface area contributed by atoms with Gasteiger partial charge in [-0.1, -0.05) is 0 Å². The molecular formula is C4H5N3OPY-. The molecule has 0 bridgehead atoms. The van der Waals surface area contributed by atoms with E-state index in [0.717, 1.165) is 0 Å². The monoisotopic (exact) mass is 231 g/mol. The minimum Gasteiger partial charge on any atom is -0.411 e. The molecule has 1 radical (unpaired) electrons. The van der Waals surface area contributed by atoms with E-state index < -0.39 is 0 Å². The van der Waals surface area contributed by atoms with Gasteiger partial charge in [0.05, 0.1) is 0 Å². The quantitative estimate of drug-likeness (QED) is 0.445. The maximum absolute atomic E-state index is 10.4. The third kappa shape index (κ3) is 2.87. The Kier molecular flexibility index (Phi) is 5.05. The molecular weight excluding hydrogens is 226 g/mol. The molecule has 0 saturated carbocycles. The Bertz CT molecular complexity index is 304. The predicted octanol–water partition coefficient (Wildman–Crippen LogP) is -0.809. The number of nitrogens with one attached hydrogen (secondary N) is 2. The number of aromatic nitrogens is 2. The van der Waals surface area contributed by atoms with Gasteiger partial charge >= 0.3 is 5.69 Å². The Balaban J connectivity index is 0.000000810. The molecule has 1 heterocycles. The van der Waals surface area contributed by atoms with Crippen molar-refractivity contribution in [3.63, 3.8) is 0 Å². The van der Waals surface area contributed by atoms with Crippen LogP contribution in [-0.2, 0) is 32.7 Å². The molecule has 1 aromatic rings. The van der Waals surface area contributed by atoms with E-state index in [4.69, 9.17) is 0 Å². The molecule has 0 aliphatic rings. The van der Waals surface area contributed by atoms with Crippen LogP contribution in [0.25, 0.3) is 0 Å². The molecule has 0 aliphatic heterocycles. The minimum absolute atomic E-state index is 0. The van der Waals surface area contributed by atoms with Crippen molar-refractivity contribution in [1.82, 2.24) is 9.97 Å². The smallest absolute Gasteiger partial charge is 0.319 e. The van der Waals surface area contributed by atoms with Crippen molar-refractivity contribution in [2.75, 3.05) is 0 Å². The van der Waals surface area contributed by atoms with Crippen LogP contribution in [-0.4, -0.2) is 9.97 Å². The molecule has 0 aliphatic carbocycles. The fourth-order valence-electron chi connectivity index (χ4n) is 0.419. The van der Waals surface area contributed by atoms with Gasteiger partial charge in [0.25, 0.3) is 0 Å². The topological polar surface area (TPSA) is 61.0 Å². The average molecular weight is 231 g/mol. The number of hydrogen-bond acceptors (Lipinski definition) is 2. The second-order valence-electron chi connectivity index (χ2n) is 1.36. The minimum atomic E-state index is -0.282. The zero-order chi connectivity index (χ0) is 6.69. The number of aromatic amines is 2. The van der Waals surface area contributed by atoms with Crippen LogP contribution in [0.3, 0.4) is 0 Å². The summed E-state index contributed by atoms with van der Waals surface area (Å²) in [6, 6.07) is 2.66. The summed E-state index contributed by atoms with van der Waals surface area (Å²) in [7, 11) is 2.13. The Labute approximate surface area is 84.7 Å². The second kappa shape index (κ2) is 4.94. The Morgan fingerprint density at radius 3 is 2.80 bits per heavy atom. The normalized spacial score (nSPS) is 10.7. The molecule has 0 saturated heterocycles. The summed E-state index contributed by atoms with van der Waals surface area (Å²) in [5.41, 5.74) is 0.138. The summed E-state index contributed by atoms with van der Waals surface area (Å²) in [5.74, 6) is 0. The summed E-state index contributed by atoms with van der Waals surface area (Å²) in [4.78, 5) is 15.2. The van der Waals surface area contributed by atoms with Crippen molar-refractivity contribution in [3.8, 4) is 0 Å². The van der Waals surface area contributed by atoms with E-state index in [1.54, 1.807) is 0 Å². The molecule has 0 fully saturated rings. The summed E-state index contributed by atoms with van der Waals surface area (Å²) < 4.78 is 3.62. The number of nitrogens with zero attached hydrogens (tertiary/aromatic N) is 1. The van der Waals surface area contributed by atoms with Crippen LogP contribution in [0.15, 0.2) is 15.8 Å². The summed E-state index contributed by atoms with van der Waals surface area (Å²) in [5, 5.41) is 0. The summed E-state index contributed by atoms with van der Waals surface area (Å²) in [6.45, 7) is 0. The standard InChI is InChI=1S/C4H5N3OP.Y/c8-4-5-2-1-3(6-4)7-9;/h2H,9H2,(H2,5,6,7,8);/q-1;. The first-order valence-electron chi connectivity index (χ1n) is 2.26. The Hall–Kier alpha value is 0.214. The van der Waals surface area contributed by atoms with Gasteiger partial charge in [0.15, 0.2) is 0 Å². The number of rotatable bonds is 0. The predicted molar refractivity (Wildman–Crippen MR) is 35.5 cm³/mol. The number of hydrogen-bond donors (Lipinski definition) is 2. The molecule has 2 N–H and O–H groups in total. The Morgan fingerprint density at radius 1 is 1.70 bits per heavy atom. The fourth-order valence-corrected chi connectivity index (χ4v) is 0.558. The summed E-state index contributed by atoms with van der Waals surface area (Å²) in [6.07, 6.45) is 1.40. The van der Waals surface area contributed by atoms with Crippen molar-refractivity contribution >= 4 is 9.39 Å². The van der Waals surface area contributed by atoms with Gasteiger partial charge in [-0.2, -0.15) is 6.20 Å². The van der Waals surface area contributed by atoms with Gasteiger partial charge in [-0.25, -0.2) is 4.79 Å². The molecule has 0 amide bonds. The first-order valence-corrected chi connectivity index (χ1v) is 2.78. The van der Waals surface area contributed by atoms with E-state index in [-0.39, 0.29) is 38.4 Å². The van der Waals surface area contributed by atoms with E-state index in [1.807, 2.05) is 0 Å². The van der Waals surface area contributed by atoms with Crippen LogP contribution in [0.2, 0.25) is 0 Å². The van der Waals surface area contributed by atoms with Crippen LogP contribution in [0.5, 0.6) is 0 Å². The van der Waals surface area contributed by atoms with Crippen LogP contribution in [0.1, 0.15) is 0 Å². The van der Waals surface area contributed by atoms with Crippen molar-refractivity contribution in [1.29, 1.82) is 0 Å². The van der Waals surface area contributed by atoms with Gasteiger partial charge in [0, 0.05) is 32.7 Å². The molecule has 0 aromatic carbocycles. The largest absolute Gasteiger partial charge is 0.411 e. The van der Waals surface area contributed by atoms with Crippen LogP contribution < -0.4 is 11.2 Å². The molecule has 1 atom stereocenters. The van der Waals surface area contributed by atoms with Gasteiger partial charge < -0.3 is 16.0 Å². The second-order valence-corrected chi connectivity index (χ2v) is 1.62. The molecule has 10 heavy (non-hydrogen) atoms. The van der Waals surface area contributed by atoms with Crippen molar-refractivity contribution in [3.05, 3.63) is 28.2 Å². The van der Waals surface area contributed by atoms with Crippen LogP contribution in [0.4, 0.5) is 0 Å². The first-order chi connectivity index (χ1) is 4.33. The van der Waals surface area contributed by atoms with E-state index in [9.17, 15) is 4.79 Å². The maximum atomic E-state index is 10.4.